The highest BCUT2D eigenvalue weighted by Gasteiger charge is 2.43. The van der Waals surface area contributed by atoms with E-state index in [1.54, 1.807) is 0 Å². The maximum Gasteiger partial charge on any atom is 0.0622 e. The highest BCUT2D eigenvalue weighted by atomic mass is 16.3. The molecule has 0 amide bonds. The summed E-state index contributed by atoms with van der Waals surface area (Å²) in [6.45, 7) is 1.99. The monoisotopic (exact) mass is 140 g/mol. The fourth-order valence-electron chi connectivity index (χ4n) is 2.33. The molecule has 0 aliphatic heterocycles. The van der Waals surface area contributed by atoms with Crippen molar-refractivity contribution in [2.45, 2.75) is 44.6 Å². The van der Waals surface area contributed by atoms with Crippen LogP contribution in [0.1, 0.15) is 39.0 Å². The summed E-state index contributed by atoms with van der Waals surface area (Å²) < 4.78 is 0. The van der Waals surface area contributed by atoms with Crippen molar-refractivity contribution in [1.29, 1.82) is 0 Å². The van der Waals surface area contributed by atoms with Gasteiger partial charge in [-0.1, -0.05) is 12.8 Å². The molecule has 2 aliphatic rings. The molecule has 1 N–H and O–H groups in total. The summed E-state index contributed by atoms with van der Waals surface area (Å²) >= 11 is 0. The Labute approximate surface area is 62.4 Å². The first-order valence-corrected chi connectivity index (χ1v) is 4.40. The van der Waals surface area contributed by atoms with E-state index in [0.717, 1.165) is 24.7 Å². The van der Waals surface area contributed by atoms with Crippen molar-refractivity contribution < 1.29 is 5.11 Å². The zero-order valence-electron chi connectivity index (χ0n) is 6.64. The molecule has 1 nitrogen and oxygen atoms in total. The van der Waals surface area contributed by atoms with Gasteiger partial charge in [-0.25, -0.2) is 0 Å². The van der Waals surface area contributed by atoms with E-state index < -0.39 is 0 Å². The molecule has 0 aromatic carbocycles. The van der Waals surface area contributed by atoms with Gasteiger partial charge in [-0.2, -0.15) is 0 Å². The molecule has 0 heterocycles. The first kappa shape index (κ1) is 6.66. The Kier molecular flexibility index (Phi) is 1.31. The Bertz CT molecular complexity index is 140. The number of aliphatic hydroxyl groups is 1. The van der Waals surface area contributed by atoms with Gasteiger partial charge in [-0.3, -0.25) is 0 Å². The van der Waals surface area contributed by atoms with Crippen molar-refractivity contribution in [1.82, 2.24) is 0 Å². The van der Waals surface area contributed by atoms with Gasteiger partial charge in [-0.15, -0.1) is 0 Å². The van der Waals surface area contributed by atoms with Gasteiger partial charge in [0.1, 0.15) is 0 Å². The molecule has 2 fully saturated rings. The lowest BCUT2D eigenvalue weighted by atomic mass is 9.95. The van der Waals surface area contributed by atoms with Crippen molar-refractivity contribution >= 4 is 0 Å². The van der Waals surface area contributed by atoms with Gasteiger partial charge in [0.05, 0.1) is 5.60 Å². The third-order valence-electron chi connectivity index (χ3n) is 3.06. The predicted octanol–water partition coefficient (Wildman–Crippen LogP) is 1.95. The molecule has 3 atom stereocenters. The molecule has 0 bridgehead atoms. The molecular weight excluding hydrogens is 124 g/mol. The van der Waals surface area contributed by atoms with Crippen molar-refractivity contribution in [2.24, 2.45) is 11.8 Å². The van der Waals surface area contributed by atoms with E-state index in [4.69, 9.17) is 0 Å². The van der Waals surface area contributed by atoms with Gasteiger partial charge < -0.3 is 5.11 Å². The molecule has 1 unspecified atom stereocenters. The molecule has 58 valence electrons. The third kappa shape index (κ3) is 1.20. The molecule has 2 rings (SSSR count). The minimum absolute atomic E-state index is 0.323. The van der Waals surface area contributed by atoms with Gasteiger partial charge in [0.2, 0.25) is 0 Å². The molecule has 0 aromatic rings. The van der Waals surface area contributed by atoms with Gasteiger partial charge in [0.25, 0.3) is 0 Å². The SMILES string of the molecule is CC1(O)CCC[C@@H]2C[C@@H]2C1. The van der Waals surface area contributed by atoms with Crippen molar-refractivity contribution in [2.75, 3.05) is 0 Å². The summed E-state index contributed by atoms with van der Waals surface area (Å²) in [6.07, 6.45) is 6.11. The zero-order chi connectivity index (χ0) is 7.19. The molecule has 0 radical (unpaired) electrons. The molecular formula is C9H16O. The van der Waals surface area contributed by atoms with E-state index in [2.05, 4.69) is 0 Å². The average Bonchev–Trinajstić information content (AvgIpc) is 2.42. The second-order valence-corrected chi connectivity index (χ2v) is 4.35. The molecule has 10 heavy (non-hydrogen) atoms. The Morgan fingerprint density at radius 1 is 1.40 bits per heavy atom. The average molecular weight is 140 g/mol. The predicted molar refractivity (Wildman–Crippen MR) is 40.7 cm³/mol. The summed E-state index contributed by atoms with van der Waals surface area (Å²) in [6, 6.07) is 0. The van der Waals surface area contributed by atoms with Crippen LogP contribution in [0, 0.1) is 11.8 Å². The van der Waals surface area contributed by atoms with Crippen LogP contribution in [0.25, 0.3) is 0 Å². The van der Waals surface area contributed by atoms with Crippen LogP contribution in [0.3, 0.4) is 0 Å². The van der Waals surface area contributed by atoms with Crippen LogP contribution in [0.2, 0.25) is 0 Å². The summed E-state index contributed by atoms with van der Waals surface area (Å²) in [5, 5.41) is 9.75. The zero-order valence-corrected chi connectivity index (χ0v) is 6.64. The standard InChI is InChI=1S/C9H16O/c1-9(10)4-2-3-7-5-8(7)6-9/h7-8,10H,2-6H2,1H3/t7-,8-,9?/m1/s1. The lowest BCUT2D eigenvalue weighted by molar-refractivity contribution is 0.0386. The molecule has 0 spiro atoms. The van der Waals surface area contributed by atoms with Gasteiger partial charge in [-0.05, 0) is 38.0 Å². The van der Waals surface area contributed by atoms with Crippen LogP contribution >= 0.6 is 0 Å². The van der Waals surface area contributed by atoms with Gasteiger partial charge in [0, 0.05) is 0 Å². The van der Waals surface area contributed by atoms with Gasteiger partial charge in [0.15, 0.2) is 0 Å². The molecule has 2 aliphatic carbocycles. The second kappa shape index (κ2) is 1.97. The van der Waals surface area contributed by atoms with Crippen LogP contribution in [-0.2, 0) is 0 Å². The van der Waals surface area contributed by atoms with Crippen LogP contribution in [0.4, 0.5) is 0 Å². The van der Waals surface area contributed by atoms with Crippen LogP contribution in [0.5, 0.6) is 0 Å². The van der Waals surface area contributed by atoms with Crippen molar-refractivity contribution in [3.63, 3.8) is 0 Å². The maximum atomic E-state index is 9.75. The normalized spacial score (nSPS) is 53.4. The largest absolute Gasteiger partial charge is 0.390 e. The van der Waals surface area contributed by atoms with Gasteiger partial charge >= 0.3 is 0 Å². The maximum absolute atomic E-state index is 9.75. The number of hydrogen-bond donors (Lipinski definition) is 1. The van der Waals surface area contributed by atoms with E-state index in [1.807, 2.05) is 6.92 Å². The van der Waals surface area contributed by atoms with E-state index in [-0.39, 0.29) is 5.60 Å². The summed E-state index contributed by atoms with van der Waals surface area (Å²) in [5.74, 6) is 1.88. The summed E-state index contributed by atoms with van der Waals surface area (Å²) in [5.41, 5.74) is -0.323. The third-order valence-corrected chi connectivity index (χ3v) is 3.06. The molecule has 0 aromatic heterocycles. The van der Waals surface area contributed by atoms with E-state index in [1.165, 1.54) is 19.3 Å². The summed E-state index contributed by atoms with van der Waals surface area (Å²) in [4.78, 5) is 0. The highest BCUT2D eigenvalue weighted by molar-refractivity contribution is 4.94. The minimum atomic E-state index is -0.323. The van der Waals surface area contributed by atoms with Crippen LogP contribution in [0.15, 0.2) is 0 Å². The molecule has 1 heteroatoms. The number of rotatable bonds is 0. The first-order valence-electron chi connectivity index (χ1n) is 4.40. The number of hydrogen-bond acceptors (Lipinski definition) is 1. The fourth-order valence-corrected chi connectivity index (χ4v) is 2.33. The molecule has 0 saturated heterocycles. The topological polar surface area (TPSA) is 20.2 Å². The summed E-state index contributed by atoms with van der Waals surface area (Å²) in [7, 11) is 0. The Balaban J connectivity index is 2.00. The Morgan fingerprint density at radius 3 is 3.00 bits per heavy atom. The minimum Gasteiger partial charge on any atom is -0.390 e. The van der Waals surface area contributed by atoms with Crippen LogP contribution < -0.4 is 0 Å². The van der Waals surface area contributed by atoms with E-state index >= 15 is 0 Å². The van der Waals surface area contributed by atoms with E-state index in [0.29, 0.717) is 0 Å². The second-order valence-electron chi connectivity index (χ2n) is 4.35. The van der Waals surface area contributed by atoms with Crippen LogP contribution in [-0.4, -0.2) is 10.7 Å². The van der Waals surface area contributed by atoms with E-state index in [9.17, 15) is 5.11 Å². The van der Waals surface area contributed by atoms with Crippen molar-refractivity contribution in [3.8, 4) is 0 Å². The first-order chi connectivity index (χ1) is 4.67. The lowest BCUT2D eigenvalue weighted by Crippen LogP contribution is -2.23. The Hall–Kier alpha value is -0.0400. The number of fused-ring (bicyclic) bond motifs is 1. The molecule has 2 saturated carbocycles. The quantitative estimate of drug-likeness (QED) is 0.545. The highest BCUT2D eigenvalue weighted by Crippen LogP contribution is 2.50. The van der Waals surface area contributed by atoms with Crippen molar-refractivity contribution in [3.05, 3.63) is 0 Å². The smallest absolute Gasteiger partial charge is 0.0622 e. The Morgan fingerprint density at radius 2 is 2.20 bits per heavy atom. The lowest BCUT2D eigenvalue weighted by Gasteiger charge is -2.20. The fraction of sp³-hybridized carbons (Fsp3) is 1.00.